The normalized spacial score (nSPS) is 11.2. The number of fused-ring (bicyclic) bond motifs is 5. The zero-order valence-corrected chi connectivity index (χ0v) is 26.4. The van der Waals surface area contributed by atoms with Gasteiger partial charge in [0, 0.05) is 16.3 Å². The molecule has 0 saturated heterocycles. The van der Waals surface area contributed by atoms with Crippen LogP contribution in [0.25, 0.3) is 87.3 Å². The van der Waals surface area contributed by atoms with Crippen molar-refractivity contribution in [3.05, 3.63) is 181 Å². The van der Waals surface area contributed by atoms with Gasteiger partial charge in [-0.15, -0.1) is 0 Å². The van der Waals surface area contributed by atoms with Crippen LogP contribution in [0.2, 0.25) is 0 Å². The molecule has 0 spiro atoms. The summed E-state index contributed by atoms with van der Waals surface area (Å²) in [7, 11) is 0. The number of aromatic nitrogens is 1. The lowest BCUT2D eigenvalue weighted by Crippen LogP contribution is -1.98. The number of hydrogen-bond donors (Lipinski definition) is 0. The van der Waals surface area contributed by atoms with E-state index >= 15 is 0 Å². The largest absolute Gasteiger partial charge is 0.309 e. The fourth-order valence-corrected chi connectivity index (χ4v) is 7.54. The van der Waals surface area contributed by atoms with E-state index in [1.54, 1.807) is 0 Å². The summed E-state index contributed by atoms with van der Waals surface area (Å²) in [6.07, 6.45) is 0. The summed E-state index contributed by atoms with van der Waals surface area (Å²) in [5.74, 6) is 0. The van der Waals surface area contributed by atoms with E-state index in [4.69, 9.17) is 6.57 Å². The third kappa shape index (κ3) is 4.49. The van der Waals surface area contributed by atoms with Crippen molar-refractivity contribution in [1.82, 2.24) is 4.57 Å². The highest BCUT2D eigenvalue weighted by Crippen LogP contribution is 2.46. The smallest absolute Gasteiger partial charge is 0.188 e. The van der Waals surface area contributed by atoms with Gasteiger partial charge in [-0.3, -0.25) is 0 Å². The zero-order chi connectivity index (χ0) is 32.9. The number of nitriles is 1. The molecule has 0 amide bonds. The second-order valence-electron chi connectivity index (χ2n) is 12.3. The quantitative estimate of drug-likeness (QED) is 0.142. The molecule has 0 atom stereocenters. The third-order valence-corrected chi connectivity index (χ3v) is 9.59. The lowest BCUT2D eigenvalue weighted by atomic mass is 9.85. The van der Waals surface area contributed by atoms with Crippen molar-refractivity contribution in [2.24, 2.45) is 0 Å². The van der Waals surface area contributed by atoms with Crippen LogP contribution < -0.4 is 0 Å². The Balaban J connectivity index is 1.36. The Morgan fingerprint density at radius 3 is 1.51 bits per heavy atom. The first kappa shape index (κ1) is 28.3. The van der Waals surface area contributed by atoms with Crippen molar-refractivity contribution in [3.63, 3.8) is 0 Å². The van der Waals surface area contributed by atoms with Crippen LogP contribution in [0.4, 0.5) is 5.69 Å². The fourth-order valence-electron chi connectivity index (χ4n) is 7.54. The molecular formula is C46H27N3. The molecule has 9 aromatic rings. The Hall–Kier alpha value is -6.94. The first-order valence-corrected chi connectivity index (χ1v) is 16.3. The molecule has 0 radical (unpaired) electrons. The summed E-state index contributed by atoms with van der Waals surface area (Å²) in [5.41, 5.74) is 10.5. The van der Waals surface area contributed by atoms with Gasteiger partial charge in [-0.05, 0) is 91.8 Å². The average molecular weight is 622 g/mol. The molecule has 0 saturated carbocycles. The molecule has 0 aliphatic heterocycles. The molecule has 0 aliphatic rings. The van der Waals surface area contributed by atoms with Gasteiger partial charge in [-0.1, -0.05) is 121 Å². The predicted molar refractivity (Wildman–Crippen MR) is 203 cm³/mol. The lowest BCUT2D eigenvalue weighted by molar-refractivity contribution is 1.18. The Labute approximate surface area is 284 Å². The van der Waals surface area contributed by atoms with E-state index in [9.17, 15) is 5.26 Å². The van der Waals surface area contributed by atoms with E-state index in [-0.39, 0.29) is 0 Å². The van der Waals surface area contributed by atoms with Crippen molar-refractivity contribution >= 4 is 49.0 Å². The van der Waals surface area contributed by atoms with Gasteiger partial charge in [-0.2, -0.15) is 5.26 Å². The van der Waals surface area contributed by atoms with Gasteiger partial charge in [0.2, 0.25) is 0 Å². The topological polar surface area (TPSA) is 33.1 Å². The first-order chi connectivity index (χ1) is 24.2. The molecule has 1 heterocycles. The summed E-state index contributed by atoms with van der Waals surface area (Å²) in [6, 6.07) is 59.0. The summed E-state index contributed by atoms with van der Waals surface area (Å²) in [6.45, 7) is 8.18. The number of rotatable bonds is 4. The average Bonchev–Trinajstić information content (AvgIpc) is 3.51. The molecular weight excluding hydrogens is 595 g/mol. The number of hydrogen-bond acceptors (Lipinski definition) is 1. The SMILES string of the molecule is [C-]#[N+]c1cc(-c2ccc(C#N)cc2-n2c3ccccc3c3ccccc32)cc(-c2c3ccccc3c(-c3ccccc3)c3ccccc23)c1. The van der Waals surface area contributed by atoms with Crippen LogP contribution in [0.1, 0.15) is 5.56 Å². The standard InChI is InChI=1S/C46H27N3/c1-48-34-27-32(35-24-23-30(29-47)25-44(35)49-42-21-11-9-15-36(42)37-16-10-12-22-43(37)49)26-33(28-34)46-40-19-7-5-17-38(40)45(31-13-3-2-4-14-31)39-18-6-8-20-41(39)46/h2-28H. The van der Waals surface area contributed by atoms with Crippen LogP contribution in [0, 0.1) is 17.9 Å². The molecule has 3 heteroatoms. The van der Waals surface area contributed by atoms with Crippen LogP contribution in [0.5, 0.6) is 0 Å². The predicted octanol–water partition coefficient (Wildman–Crippen LogP) is 12.5. The maximum Gasteiger partial charge on any atom is 0.188 e. The van der Waals surface area contributed by atoms with Gasteiger partial charge >= 0.3 is 0 Å². The highest BCUT2D eigenvalue weighted by Gasteiger charge is 2.20. The van der Waals surface area contributed by atoms with Crippen molar-refractivity contribution in [2.75, 3.05) is 0 Å². The van der Waals surface area contributed by atoms with Crippen molar-refractivity contribution < 1.29 is 0 Å². The van der Waals surface area contributed by atoms with E-state index < -0.39 is 0 Å². The Bertz CT molecular complexity index is 2740. The highest BCUT2D eigenvalue weighted by atomic mass is 15.0. The van der Waals surface area contributed by atoms with E-state index in [0.29, 0.717) is 11.3 Å². The number of benzene rings is 8. The lowest BCUT2D eigenvalue weighted by Gasteiger charge is -2.19. The molecule has 226 valence electrons. The summed E-state index contributed by atoms with van der Waals surface area (Å²) >= 11 is 0. The van der Waals surface area contributed by atoms with E-state index in [2.05, 4.69) is 149 Å². The minimum atomic E-state index is 0.560. The molecule has 8 aromatic carbocycles. The molecule has 0 unspecified atom stereocenters. The van der Waals surface area contributed by atoms with E-state index in [1.807, 2.05) is 30.3 Å². The molecule has 3 nitrogen and oxygen atoms in total. The maximum atomic E-state index is 10.0. The second kappa shape index (κ2) is 11.4. The summed E-state index contributed by atoms with van der Waals surface area (Å²) in [5, 5.41) is 16.9. The molecule has 49 heavy (non-hydrogen) atoms. The van der Waals surface area contributed by atoms with Gasteiger partial charge in [0.05, 0.1) is 34.9 Å². The van der Waals surface area contributed by atoms with Gasteiger partial charge in [0.15, 0.2) is 5.69 Å². The molecule has 0 aliphatic carbocycles. The van der Waals surface area contributed by atoms with Crippen molar-refractivity contribution in [3.8, 4) is 45.1 Å². The summed E-state index contributed by atoms with van der Waals surface area (Å²) < 4.78 is 2.25. The van der Waals surface area contributed by atoms with E-state index in [0.717, 1.165) is 60.5 Å². The Kier molecular flexibility index (Phi) is 6.58. The fraction of sp³-hybridized carbons (Fsp3) is 0. The van der Waals surface area contributed by atoms with Crippen LogP contribution >= 0.6 is 0 Å². The molecule has 0 bridgehead atoms. The Morgan fingerprint density at radius 1 is 0.469 bits per heavy atom. The van der Waals surface area contributed by atoms with Gasteiger partial charge in [0.1, 0.15) is 0 Å². The van der Waals surface area contributed by atoms with Gasteiger partial charge < -0.3 is 4.57 Å². The zero-order valence-electron chi connectivity index (χ0n) is 26.4. The van der Waals surface area contributed by atoms with Crippen molar-refractivity contribution in [1.29, 1.82) is 5.26 Å². The van der Waals surface area contributed by atoms with Crippen molar-refractivity contribution in [2.45, 2.75) is 0 Å². The Morgan fingerprint density at radius 2 is 0.959 bits per heavy atom. The first-order valence-electron chi connectivity index (χ1n) is 16.3. The maximum absolute atomic E-state index is 10.0. The minimum absolute atomic E-state index is 0.560. The minimum Gasteiger partial charge on any atom is -0.309 e. The highest BCUT2D eigenvalue weighted by molar-refractivity contribution is 6.21. The van der Waals surface area contributed by atoms with Gasteiger partial charge in [0.25, 0.3) is 0 Å². The second-order valence-corrected chi connectivity index (χ2v) is 12.3. The molecule has 9 rings (SSSR count). The number of para-hydroxylation sites is 2. The summed E-state index contributed by atoms with van der Waals surface area (Å²) in [4.78, 5) is 3.99. The number of nitrogens with zero attached hydrogens (tertiary/aromatic N) is 3. The van der Waals surface area contributed by atoms with Gasteiger partial charge in [-0.25, -0.2) is 4.85 Å². The van der Waals surface area contributed by atoms with E-state index in [1.165, 1.54) is 21.9 Å². The molecule has 1 aromatic heterocycles. The third-order valence-electron chi connectivity index (χ3n) is 9.59. The van der Waals surface area contributed by atoms with Crippen LogP contribution in [0.15, 0.2) is 164 Å². The monoisotopic (exact) mass is 621 g/mol. The van der Waals surface area contributed by atoms with Crippen LogP contribution in [-0.2, 0) is 0 Å². The molecule has 0 N–H and O–H groups in total. The molecule has 0 fully saturated rings. The van der Waals surface area contributed by atoms with Crippen LogP contribution in [0.3, 0.4) is 0 Å². The van der Waals surface area contributed by atoms with Crippen LogP contribution in [-0.4, -0.2) is 4.57 Å².